The normalized spacial score (nSPS) is 21.9. The van der Waals surface area contributed by atoms with E-state index in [1.807, 2.05) is 19.9 Å². The second-order valence-electron chi connectivity index (χ2n) is 5.64. The number of carbonyl (C=O) groups excluding carboxylic acids is 1. The van der Waals surface area contributed by atoms with E-state index in [4.69, 9.17) is 5.11 Å². The number of hydrogen-bond donors (Lipinski definition) is 2. The van der Waals surface area contributed by atoms with Gasteiger partial charge >= 0.3 is 12.0 Å². The number of carbonyl (C=O) groups is 2. The summed E-state index contributed by atoms with van der Waals surface area (Å²) in [6.07, 6.45) is 0.468. The highest BCUT2D eigenvalue weighted by atomic mass is 16.4. The molecule has 1 aliphatic heterocycles. The Kier molecular flexibility index (Phi) is 3.65. The van der Waals surface area contributed by atoms with E-state index >= 15 is 0 Å². The molecule has 2 N–H and O–H groups in total. The average molecular weight is 277 g/mol. The smallest absolute Gasteiger partial charge is 0.323 e. The molecule has 2 amide bonds. The molecule has 1 fully saturated rings. The molecule has 20 heavy (non-hydrogen) atoms. The number of carboxylic acid groups (broad SMARTS) is 1. The highest BCUT2D eigenvalue weighted by Gasteiger charge is 2.42. The van der Waals surface area contributed by atoms with E-state index in [0.29, 0.717) is 18.8 Å². The summed E-state index contributed by atoms with van der Waals surface area (Å²) in [6, 6.07) is 3.41. The van der Waals surface area contributed by atoms with E-state index in [2.05, 4.69) is 10.3 Å². The molecule has 108 valence electrons. The number of nitrogens with zero attached hydrogens (tertiary/aromatic N) is 2. The van der Waals surface area contributed by atoms with Crippen molar-refractivity contribution in [3.8, 4) is 0 Å². The number of urea groups is 1. The van der Waals surface area contributed by atoms with Crippen molar-refractivity contribution in [3.05, 3.63) is 23.4 Å². The SMILES string of the molecule is Cc1cc(C)nc(NC(=O)N2CCC(C)(C(=O)O)C2)c1. The molecule has 2 rings (SSSR count). The molecule has 6 heteroatoms. The van der Waals surface area contributed by atoms with E-state index in [1.54, 1.807) is 13.0 Å². The van der Waals surface area contributed by atoms with Gasteiger partial charge in [-0.1, -0.05) is 0 Å². The molecule has 1 aromatic rings. The largest absolute Gasteiger partial charge is 0.481 e. The summed E-state index contributed by atoms with van der Waals surface area (Å²) in [5.74, 6) is -0.367. The summed E-state index contributed by atoms with van der Waals surface area (Å²) in [7, 11) is 0. The van der Waals surface area contributed by atoms with Gasteiger partial charge in [-0.05, 0) is 44.9 Å². The molecule has 0 saturated carbocycles. The molecule has 0 spiro atoms. The summed E-state index contributed by atoms with van der Waals surface area (Å²) >= 11 is 0. The Morgan fingerprint density at radius 3 is 2.65 bits per heavy atom. The van der Waals surface area contributed by atoms with Gasteiger partial charge in [0.15, 0.2) is 0 Å². The second-order valence-corrected chi connectivity index (χ2v) is 5.64. The fourth-order valence-corrected chi connectivity index (χ4v) is 2.40. The number of carboxylic acids is 1. The minimum absolute atomic E-state index is 0.221. The Morgan fingerprint density at radius 2 is 2.10 bits per heavy atom. The van der Waals surface area contributed by atoms with Crippen LogP contribution in [0.4, 0.5) is 10.6 Å². The molecule has 1 unspecified atom stereocenters. The Hall–Kier alpha value is -2.11. The van der Waals surface area contributed by atoms with Crippen LogP contribution in [0.15, 0.2) is 12.1 Å². The van der Waals surface area contributed by atoms with Crippen molar-refractivity contribution in [2.45, 2.75) is 27.2 Å². The molecular formula is C14H19N3O3. The minimum Gasteiger partial charge on any atom is -0.481 e. The topological polar surface area (TPSA) is 82.5 Å². The second kappa shape index (κ2) is 5.11. The molecule has 0 aliphatic carbocycles. The number of hydrogen-bond acceptors (Lipinski definition) is 3. The van der Waals surface area contributed by atoms with Crippen LogP contribution in [-0.2, 0) is 4.79 Å². The van der Waals surface area contributed by atoms with Gasteiger partial charge in [-0.25, -0.2) is 9.78 Å². The van der Waals surface area contributed by atoms with E-state index in [1.165, 1.54) is 4.90 Å². The Labute approximate surface area is 117 Å². The van der Waals surface area contributed by atoms with Crippen molar-refractivity contribution < 1.29 is 14.7 Å². The van der Waals surface area contributed by atoms with Crippen LogP contribution in [0.5, 0.6) is 0 Å². The van der Waals surface area contributed by atoms with Gasteiger partial charge < -0.3 is 10.0 Å². The zero-order valence-corrected chi connectivity index (χ0v) is 11.9. The molecule has 0 aromatic carbocycles. The van der Waals surface area contributed by atoms with E-state index in [-0.39, 0.29) is 12.6 Å². The van der Waals surface area contributed by atoms with Crippen LogP contribution >= 0.6 is 0 Å². The number of rotatable bonds is 2. The van der Waals surface area contributed by atoms with Gasteiger partial charge in [0.2, 0.25) is 0 Å². The van der Waals surface area contributed by atoms with Crippen molar-refractivity contribution in [2.75, 3.05) is 18.4 Å². The maximum atomic E-state index is 12.1. The highest BCUT2D eigenvalue weighted by molar-refractivity contribution is 5.89. The number of aromatic nitrogens is 1. The first-order valence-electron chi connectivity index (χ1n) is 6.55. The summed E-state index contributed by atoms with van der Waals surface area (Å²) in [6.45, 7) is 6.12. The zero-order valence-electron chi connectivity index (χ0n) is 11.9. The number of nitrogens with one attached hydrogen (secondary N) is 1. The Balaban J connectivity index is 2.05. The third-order valence-electron chi connectivity index (χ3n) is 3.61. The van der Waals surface area contributed by atoms with Gasteiger partial charge in [0, 0.05) is 18.8 Å². The molecule has 2 heterocycles. The van der Waals surface area contributed by atoms with Crippen molar-refractivity contribution in [2.24, 2.45) is 5.41 Å². The van der Waals surface area contributed by atoms with Gasteiger partial charge in [0.1, 0.15) is 5.82 Å². The number of amides is 2. The van der Waals surface area contributed by atoms with Crippen LogP contribution < -0.4 is 5.32 Å². The van der Waals surface area contributed by atoms with E-state index in [9.17, 15) is 9.59 Å². The van der Waals surface area contributed by atoms with Crippen LogP contribution in [0, 0.1) is 19.3 Å². The number of likely N-dealkylation sites (tertiary alicyclic amines) is 1. The summed E-state index contributed by atoms with van der Waals surface area (Å²) in [4.78, 5) is 29.1. The lowest BCUT2D eigenvalue weighted by Crippen LogP contribution is -2.37. The summed E-state index contributed by atoms with van der Waals surface area (Å²) in [5, 5.41) is 11.9. The molecule has 1 saturated heterocycles. The van der Waals surface area contributed by atoms with Crippen molar-refractivity contribution in [3.63, 3.8) is 0 Å². The summed E-state index contributed by atoms with van der Waals surface area (Å²) < 4.78 is 0. The Morgan fingerprint density at radius 1 is 1.40 bits per heavy atom. The fourth-order valence-electron chi connectivity index (χ4n) is 2.40. The lowest BCUT2D eigenvalue weighted by atomic mass is 9.90. The van der Waals surface area contributed by atoms with Crippen molar-refractivity contribution in [1.29, 1.82) is 0 Å². The van der Waals surface area contributed by atoms with E-state index < -0.39 is 11.4 Å². The van der Waals surface area contributed by atoms with Gasteiger partial charge in [0.05, 0.1) is 5.41 Å². The molecular weight excluding hydrogens is 258 g/mol. The van der Waals surface area contributed by atoms with Crippen LogP contribution in [0.25, 0.3) is 0 Å². The predicted molar refractivity (Wildman–Crippen MR) is 74.7 cm³/mol. The van der Waals surface area contributed by atoms with Crippen molar-refractivity contribution >= 4 is 17.8 Å². The third kappa shape index (κ3) is 2.89. The molecule has 0 radical (unpaired) electrons. The quantitative estimate of drug-likeness (QED) is 0.866. The Bertz CT molecular complexity index is 538. The first-order chi connectivity index (χ1) is 9.30. The molecule has 1 aliphatic rings. The predicted octanol–water partition coefficient (Wildman–Crippen LogP) is 2.03. The van der Waals surface area contributed by atoms with Gasteiger partial charge in [-0.15, -0.1) is 0 Å². The maximum Gasteiger partial charge on any atom is 0.323 e. The van der Waals surface area contributed by atoms with Crippen LogP contribution in [0.3, 0.4) is 0 Å². The van der Waals surface area contributed by atoms with Gasteiger partial charge in [-0.2, -0.15) is 0 Å². The van der Waals surface area contributed by atoms with Crippen LogP contribution in [-0.4, -0.2) is 40.1 Å². The standard InChI is InChI=1S/C14H19N3O3/c1-9-6-10(2)15-11(7-9)16-13(20)17-5-4-14(3,8-17)12(18)19/h6-7H,4-5,8H2,1-3H3,(H,18,19)(H,15,16,20). The number of aryl methyl sites for hydroxylation is 2. The van der Waals surface area contributed by atoms with Crippen LogP contribution in [0.2, 0.25) is 0 Å². The average Bonchev–Trinajstić information content (AvgIpc) is 2.72. The number of aliphatic carboxylic acids is 1. The highest BCUT2D eigenvalue weighted by Crippen LogP contribution is 2.30. The minimum atomic E-state index is -0.864. The molecule has 1 atom stereocenters. The zero-order chi connectivity index (χ0) is 14.9. The van der Waals surface area contributed by atoms with E-state index in [0.717, 1.165) is 11.3 Å². The number of pyridine rings is 1. The number of anilines is 1. The first-order valence-corrected chi connectivity index (χ1v) is 6.55. The maximum absolute atomic E-state index is 12.1. The molecule has 0 bridgehead atoms. The molecule has 6 nitrogen and oxygen atoms in total. The van der Waals surface area contributed by atoms with Crippen molar-refractivity contribution in [1.82, 2.24) is 9.88 Å². The van der Waals surface area contributed by atoms with Crippen LogP contribution in [0.1, 0.15) is 24.6 Å². The molecule has 1 aromatic heterocycles. The monoisotopic (exact) mass is 277 g/mol. The lowest BCUT2D eigenvalue weighted by molar-refractivity contribution is -0.146. The first kappa shape index (κ1) is 14.3. The third-order valence-corrected chi connectivity index (χ3v) is 3.61. The van der Waals surface area contributed by atoms with Gasteiger partial charge in [-0.3, -0.25) is 10.1 Å². The lowest BCUT2D eigenvalue weighted by Gasteiger charge is -2.20. The fraction of sp³-hybridized carbons (Fsp3) is 0.500. The summed E-state index contributed by atoms with van der Waals surface area (Å²) in [5.41, 5.74) is 0.995. The van der Waals surface area contributed by atoms with Gasteiger partial charge in [0.25, 0.3) is 0 Å².